The van der Waals surface area contributed by atoms with Crippen molar-refractivity contribution in [2.75, 3.05) is 58.9 Å². The molecule has 56 heavy (non-hydrogen) atoms. The lowest BCUT2D eigenvalue weighted by Crippen LogP contribution is -2.40. The van der Waals surface area contributed by atoms with Gasteiger partial charge in [0.1, 0.15) is 0 Å². The van der Waals surface area contributed by atoms with E-state index in [1.807, 2.05) is 0 Å². The van der Waals surface area contributed by atoms with Crippen LogP contribution in [0.3, 0.4) is 0 Å². The molecule has 0 bridgehead atoms. The Balaban J connectivity index is 4.50. The van der Waals surface area contributed by atoms with Crippen molar-refractivity contribution in [1.82, 2.24) is 25.8 Å². The SMILES string of the molecule is CCCCCCCCCCCCNC(=O)CCN(CC)CCN(CCC(=O)NCCCCCCCCCCC)CCC(=O)NCCCCCCCCCCCC. The minimum atomic E-state index is 0.103. The summed E-state index contributed by atoms with van der Waals surface area (Å²) in [5.74, 6) is 0.345. The van der Waals surface area contributed by atoms with Crippen molar-refractivity contribution in [2.45, 2.75) is 233 Å². The third-order valence-electron chi connectivity index (χ3n) is 11.5. The molecule has 0 rings (SSSR count). The van der Waals surface area contributed by atoms with E-state index in [4.69, 9.17) is 0 Å². The molecule has 0 aromatic carbocycles. The predicted molar refractivity (Wildman–Crippen MR) is 242 cm³/mol. The van der Waals surface area contributed by atoms with Crippen LogP contribution in [0.4, 0.5) is 0 Å². The van der Waals surface area contributed by atoms with E-state index in [9.17, 15) is 14.4 Å². The van der Waals surface area contributed by atoms with Gasteiger partial charge in [-0.05, 0) is 25.8 Å². The van der Waals surface area contributed by atoms with Crippen molar-refractivity contribution in [2.24, 2.45) is 0 Å². The Morgan fingerprint density at radius 1 is 0.304 bits per heavy atom. The van der Waals surface area contributed by atoms with Crippen LogP contribution in [0.5, 0.6) is 0 Å². The van der Waals surface area contributed by atoms with E-state index in [1.54, 1.807) is 0 Å². The third-order valence-corrected chi connectivity index (χ3v) is 11.5. The summed E-state index contributed by atoms with van der Waals surface area (Å²) >= 11 is 0. The van der Waals surface area contributed by atoms with Crippen molar-refractivity contribution in [3.8, 4) is 0 Å². The van der Waals surface area contributed by atoms with Crippen LogP contribution in [0.1, 0.15) is 233 Å². The fourth-order valence-electron chi connectivity index (χ4n) is 7.43. The topological polar surface area (TPSA) is 93.8 Å². The fourth-order valence-corrected chi connectivity index (χ4v) is 7.43. The van der Waals surface area contributed by atoms with Gasteiger partial charge < -0.3 is 25.8 Å². The van der Waals surface area contributed by atoms with E-state index in [1.165, 1.54) is 167 Å². The summed E-state index contributed by atoms with van der Waals surface area (Å²) < 4.78 is 0. The molecule has 0 saturated heterocycles. The number of hydrogen-bond donors (Lipinski definition) is 3. The summed E-state index contributed by atoms with van der Waals surface area (Å²) in [7, 11) is 0. The van der Waals surface area contributed by atoms with Crippen LogP contribution in [0.25, 0.3) is 0 Å². The summed E-state index contributed by atoms with van der Waals surface area (Å²) in [6, 6.07) is 0. The molecular weight excluding hydrogens is 695 g/mol. The maximum absolute atomic E-state index is 12.8. The molecule has 3 amide bonds. The highest BCUT2D eigenvalue weighted by Crippen LogP contribution is 2.12. The van der Waals surface area contributed by atoms with E-state index in [2.05, 4.69) is 53.4 Å². The van der Waals surface area contributed by atoms with Gasteiger partial charge in [0.2, 0.25) is 17.7 Å². The van der Waals surface area contributed by atoms with Crippen molar-refractivity contribution in [3.63, 3.8) is 0 Å². The van der Waals surface area contributed by atoms with Gasteiger partial charge in [0.15, 0.2) is 0 Å². The van der Waals surface area contributed by atoms with Crippen molar-refractivity contribution in [3.05, 3.63) is 0 Å². The second kappa shape index (κ2) is 44.4. The average molecular weight is 792 g/mol. The first kappa shape index (κ1) is 54.3. The van der Waals surface area contributed by atoms with Crippen LogP contribution in [0.2, 0.25) is 0 Å². The van der Waals surface area contributed by atoms with Gasteiger partial charge in [-0.3, -0.25) is 14.4 Å². The number of carbonyl (C=O) groups excluding carboxylic acids is 3. The smallest absolute Gasteiger partial charge is 0.221 e. The number of hydrogen-bond acceptors (Lipinski definition) is 5. The molecule has 0 unspecified atom stereocenters. The first-order chi connectivity index (χ1) is 27.5. The molecule has 0 saturated carbocycles. The van der Waals surface area contributed by atoms with E-state index in [0.29, 0.717) is 32.4 Å². The molecule has 8 nitrogen and oxygen atoms in total. The van der Waals surface area contributed by atoms with Gasteiger partial charge in [0.25, 0.3) is 0 Å². The lowest BCUT2D eigenvalue weighted by Gasteiger charge is -2.27. The Morgan fingerprint density at radius 2 is 0.536 bits per heavy atom. The number of likely N-dealkylation sites (N-methyl/N-ethyl adjacent to an activating group) is 1. The molecule has 8 heteroatoms. The molecule has 0 aliphatic heterocycles. The number of rotatable bonds is 45. The van der Waals surface area contributed by atoms with Crippen LogP contribution in [0, 0.1) is 0 Å². The van der Waals surface area contributed by atoms with Gasteiger partial charge in [-0.1, -0.05) is 195 Å². The number of nitrogens with zero attached hydrogens (tertiary/aromatic N) is 2. The average Bonchev–Trinajstić information content (AvgIpc) is 3.20. The number of amides is 3. The lowest BCUT2D eigenvalue weighted by molar-refractivity contribution is -0.122. The molecule has 0 aromatic heterocycles. The Bertz CT molecular complexity index is 857. The molecular formula is C48H97N5O3. The highest BCUT2D eigenvalue weighted by atomic mass is 16.2. The van der Waals surface area contributed by atoms with Gasteiger partial charge >= 0.3 is 0 Å². The maximum atomic E-state index is 12.8. The van der Waals surface area contributed by atoms with E-state index >= 15 is 0 Å². The Hall–Kier alpha value is -1.67. The van der Waals surface area contributed by atoms with Crippen LogP contribution >= 0.6 is 0 Å². The van der Waals surface area contributed by atoms with Gasteiger partial charge in [-0.25, -0.2) is 0 Å². The van der Waals surface area contributed by atoms with Crippen LogP contribution in [-0.4, -0.2) is 86.4 Å². The molecule has 0 spiro atoms. The second-order valence-corrected chi connectivity index (χ2v) is 16.8. The molecule has 0 atom stereocenters. The van der Waals surface area contributed by atoms with Gasteiger partial charge in [-0.15, -0.1) is 0 Å². The van der Waals surface area contributed by atoms with E-state index < -0.39 is 0 Å². The summed E-state index contributed by atoms with van der Waals surface area (Å²) in [4.78, 5) is 42.7. The Kier molecular flexibility index (Phi) is 43.1. The number of carbonyl (C=O) groups is 3. The molecule has 0 heterocycles. The summed E-state index contributed by atoms with van der Waals surface area (Å²) in [5.41, 5.74) is 0. The van der Waals surface area contributed by atoms with Crippen LogP contribution in [0.15, 0.2) is 0 Å². The van der Waals surface area contributed by atoms with Crippen molar-refractivity contribution < 1.29 is 14.4 Å². The van der Waals surface area contributed by atoms with E-state index in [0.717, 1.165) is 65.1 Å². The quantitative estimate of drug-likeness (QED) is 0.0534. The molecule has 0 aliphatic rings. The first-order valence-electron chi connectivity index (χ1n) is 24.7. The van der Waals surface area contributed by atoms with Gasteiger partial charge in [-0.2, -0.15) is 0 Å². The van der Waals surface area contributed by atoms with Crippen LogP contribution in [-0.2, 0) is 14.4 Å². The zero-order chi connectivity index (χ0) is 41.0. The second-order valence-electron chi connectivity index (χ2n) is 16.8. The van der Waals surface area contributed by atoms with Crippen LogP contribution < -0.4 is 16.0 Å². The largest absolute Gasteiger partial charge is 0.356 e. The normalized spacial score (nSPS) is 11.5. The Morgan fingerprint density at radius 3 is 0.804 bits per heavy atom. The summed E-state index contributed by atoms with van der Waals surface area (Å²) in [6.45, 7) is 15.7. The highest BCUT2D eigenvalue weighted by Gasteiger charge is 2.14. The van der Waals surface area contributed by atoms with Crippen molar-refractivity contribution in [1.29, 1.82) is 0 Å². The van der Waals surface area contributed by atoms with Gasteiger partial charge in [0.05, 0.1) is 0 Å². The highest BCUT2D eigenvalue weighted by molar-refractivity contribution is 5.77. The summed E-state index contributed by atoms with van der Waals surface area (Å²) in [5, 5.41) is 9.41. The van der Waals surface area contributed by atoms with Gasteiger partial charge in [0, 0.05) is 71.6 Å². The lowest BCUT2D eigenvalue weighted by atomic mass is 10.1. The molecule has 0 aromatic rings. The monoisotopic (exact) mass is 792 g/mol. The zero-order valence-corrected chi connectivity index (χ0v) is 38.1. The standard InChI is InChI=1S/C48H97N5O3/c1-5-9-12-15-18-21-24-27-30-32-38-49-46(54)35-41-52(8-4)44-45-53(42-36-47(55)50-39-33-29-26-23-20-17-14-11-7-3)43-37-48(56)51-40-34-31-28-25-22-19-16-13-10-6-2/h5-45H2,1-4H3,(H,49,54)(H,50,55)(H,51,56). The van der Waals surface area contributed by atoms with E-state index in [-0.39, 0.29) is 17.7 Å². The predicted octanol–water partition coefficient (Wildman–Crippen LogP) is 11.5. The van der Waals surface area contributed by atoms with Crippen molar-refractivity contribution >= 4 is 17.7 Å². The minimum Gasteiger partial charge on any atom is -0.356 e. The first-order valence-corrected chi connectivity index (χ1v) is 24.7. The molecule has 0 aliphatic carbocycles. The molecule has 0 fully saturated rings. The maximum Gasteiger partial charge on any atom is 0.221 e. The molecule has 3 N–H and O–H groups in total. The number of unbranched alkanes of at least 4 members (excludes halogenated alkanes) is 26. The minimum absolute atomic E-state index is 0.103. The fraction of sp³-hybridized carbons (Fsp3) is 0.938. The number of nitrogens with one attached hydrogen (secondary N) is 3. The Labute approximate surface area is 349 Å². The third kappa shape index (κ3) is 40.5. The molecule has 0 radical (unpaired) electrons. The zero-order valence-electron chi connectivity index (χ0n) is 38.1. The summed E-state index contributed by atoms with van der Waals surface area (Å²) in [6.07, 6.45) is 38.8. The molecule has 332 valence electrons.